The maximum absolute atomic E-state index is 12.3. The first-order valence-electron chi connectivity index (χ1n) is 7.29. The molecule has 0 unspecified atom stereocenters. The molecular weight excluding hydrogens is 336 g/mol. The molecule has 1 aliphatic heterocycles. The van der Waals surface area contributed by atoms with Gasteiger partial charge in [-0.2, -0.15) is 5.10 Å². The van der Waals surface area contributed by atoms with Crippen molar-refractivity contribution in [3.63, 3.8) is 0 Å². The molecule has 1 aromatic heterocycles. The molecule has 1 fully saturated rings. The molecule has 0 radical (unpaired) electrons. The van der Waals surface area contributed by atoms with Crippen molar-refractivity contribution in [2.24, 2.45) is 0 Å². The number of nitrogens with zero attached hydrogens (tertiary/aromatic N) is 3. The monoisotopic (exact) mass is 358 g/mol. The summed E-state index contributed by atoms with van der Waals surface area (Å²) in [5.74, 6) is -0.00856. The summed E-state index contributed by atoms with van der Waals surface area (Å²) < 4.78 is 7.94. The van der Waals surface area contributed by atoms with Crippen LogP contribution in [0.4, 0.5) is 0 Å². The number of hydrogen-bond donors (Lipinski definition) is 1. The minimum absolute atomic E-state index is 0.00856. The molecule has 0 aliphatic carbocycles. The van der Waals surface area contributed by atoms with Crippen molar-refractivity contribution in [1.82, 2.24) is 20.0 Å². The second-order valence-corrected chi connectivity index (χ2v) is 6.40. The number of nitrogens with one attached hydrogen (secondary N) is 1. The molecule has 1 aliphatic rings. The third-order valence-electron chi connectivity index (χ3n) is 3.66. The van der Waals surface area contributed by atoms with E-state index in [4.69, 9.17) is 4.74 Å². The van der Waals surface area contributed by atoms with Crippen LogP contribution in [0.1, 0.15) is 25.6 Å². The summed E-state index contributed by atoms with van der Waals surface area (Å²) in [5.41, 5.74) is 0.885. The molecule has 7 heteroatoms. The Kier molecular flexibility index (Phi) is 5.78. The Morgan fingerprint density at radius 1 is 1.48 bits per heavy atom. The van der Waals surface area contributed by atoms with Gasteiger partial charge in [0.25, 0.3) is 0 Å². The standard InChI is InChI=1S/C14H23BrN4O2/c1-10(8-18-4-6-21-7-5-18)16-14(20)12(3)19-9-13(15)11(2)17-19/h9-10,12H,4-8H2,1-3H3,(H,16,20)/t10-,12+/m1/s1. The van der Waals surface area contributed by atoms with E-state index in [-0.39, 0.29) is 18.0 Å². The van der Waals surface area contributed by atoms with Gasteiger partial charge in [0.1, 0.15) is 6.04 Å². The summed E-state index contributed by atoms with van der Waals surface area (Å²) in [6.45, 7) is 10.1. The number of amides is 1. The van der Waals surface area contributed by atoms with Crippen LogP contribution >= 0.6 is 15.9 Å². The van der Waals surface area contributed by atoms with Gasteiger partial charge in [0.05, 0.1) is 23.4 Å². The highest BCUT2D eigenvalue weighted by Gasteiger charge is 2.20. The summed E-state index contributed by atoms with van der Waals surface area (Å²) in [7, 11) is 0. The van der Waals surface area contributed by atoms with Gasteiger partial charge in [-0.25, -0.2) is 0 Å². The quantitative estimate of drug-likeness (QED) is 0.862. The topological polar surface area (TPSA) is 59.4 Å². The number of morpholine rings is 1. The van der Waals surface area contributed by atoms with Gasteiger partial charge in [-0.15, -0.1) is 0 Å². The molecule has 0 bridgehead atoms. The zero-order valence-electron chi connectivity index (χ0n) is 12.8. The molecule has 2 rings (SSSR count). The van der Waals surface area contributed by atoms with Gasteiger partial charge in [0.2, 0.25) is 5.91 Å². The van der Waals surface area contributed by atoms with E-state index < -0.39 is 0 Å². The van der Waals surface area contributed by atoms with Crippen LogP contribution in [0.3, 0.4) is 0 Å². The lowest BCUT2D eigenvalue weighted by Crippen LogP contribution is -2.47. The van der Waals surface area contributed by atoms with Gasteiger partial charge in [0, 0.05) is 31.9 Å². The molecule has 118 valence electrons. The van der Waals surface area contributed by atoms with Gasteiger partial charge in [-0.05, 0) is 36.7 Å². The van der Waals surface area contributed by atoms with Crippen LogP contribution in [-0.4, -0.2) is 59.5 Å². The van der Waals surface area contributed by atoms with Crippen molar-refractivity contribution >= 4 is 21.8 Å². The Morgan fingerprint density at radius 2 is 2.14 bits per heavy atom. The lowest BCUT2D eigenvalue weighted by atomic mass is 10.2. The van der Waals surface area contributed by atoms with E-state index in [9.17, 15) is 4.79 Å². The fourth-order valence-electron chi connectivity index (χ4n) is 2.36. The Morgan fingerprint density at radius 3 is 2.71 bits per heavy atom. The highest BCUT2D eigenvalue weighted by atomic mass is 79.9. The van der Waals surface area contributed by atoms with Crippen molar-refractivity contribution in [3.05, 3.63) is 16.4 Å². The third kappa shape index (κ3) is 4.52. The normalized spacial score (nSPS) is 19.2. The molecule has 2 heterocycles. The SMILES string of the molecule is Cc1nn([C@@H](C)C(=O)N[C@H](C)CN2CCOCC2)cc1Br. The average molecular weight is 359 g/mol. The van der Waals surface area contributed by atoms with Crippen LogP contribution in [0.25, 0.3) is 0 Å². The zero-order valence-corrected chi connectivity index (χ0v) is 14.4. The number of halogens is 1. The maximum atomic E-state index is 12.3. The van der Waals surface area contributed by atoms with Crippen LogP contribution < -0.4 is 5.32 Å². The number of aromatic nitrogens is 2. The molecule has 1 saturated heterocycles. The molecule has 21 heavy (non-hydrogen) atoms. The van der Waals surface area contributed by atoms with Crippen molar-refractivity contribution in [2.45, 2.75) is 32.9 Å². The molecule has 0 spiro atoms. The lowest BCUT2D eigenvalue weighted by Gasteiger charge is -2.29. The predicted octanol–water partition coefficient (Wildman–Crippen LogP) is 1.35. The fourth-order valence-corrected chi connectivity index (χ4v) is 2.65. The molecule has 0 saturated carbocycles. The first-order chi connectivity index (χ1) is 9.97. The Hall–Kier alpha value is -0.920. The third-order valence-corrected chi connectivity index (χ3v) is 4.44. The van der Waals surface area contributed by atoms with Crippen molar-refractivity contribution in [2.75, 3.05) is 32.8 Å². The van der Waals surface area contributed by atoms with Crippen LogP contribution in [0.5, 0.6) is 0 Å². The minimum Gasteiger partial charge on any atom is -0.379 e. The van der Waals surface area contributed by atoms with Gasteiger partial charge in [-0.1, -0.05) is 0 Å². The summed E-state index contributed by atoms with van der Waals surface area (Å²) in [6, 6.07) is -0.208. The average Bonchev–Trinajstić information content (AvgIpc) is 2.78. The van der Waals surface area contributed by atoms with E-state index in [1.54, 1.807) is 4.68 Å². The molecule has 2 atom stereocenters. The van der Waals surface area contributed by atoms with Crippen LogP contribution in [-0.2, 0) is 9.53 Å². The first-order valence-corrected chi connectivity index (χ1v) is 8.08. The first kappa shape index (κ1) is 16.5. The number of rotatable bonds is 5. The van der Waals surface area contributed by atoms with E-state index in [2.05, 4.69) is 31.2 Å². The Balaban J connectivity index is 1.84. The van der Waals surface area contributed by atoms with Gasteiger partial charge in [0.15, 0.2) is 0 Å². The van der Waals surface area contributed by atoms with Crippen LogP contribution in [0, 0.1) is 6.92 Å². The van der Waals surface area contributed by atoms with Gasteiger partial charge >= 0.3 is 0 Å². The van der Waals surface area contributed by atoms with Crippen LogP contribution in [0.2, 0.25) is 0 Å². The molecular formula is C14H23BrN4O2. The van der Waals surface area contributed by atoms with Gasteiger partial charge in [-0.3, -0.25) is 14.4 Å². The lowest BCUT2D eigenvalue weighted by molar-refractivity contribution is -0.124. The van der Waals surface area contributed by atoms with Crippen molar-refractivity contribution in [1.29, 1.82) is 0 Å². The largest absolute Gasteiger partial charge is 0.379 e. The van der Waals surface area contributed by atoms with E-state index in [1.807, 2.05) is 27.0 Å². The van der Waals surface area contributed by atoms with E-state index in [1.165, 1.54) is 0 Å². The van der Waals surface area contributed by atoms with Crippen LogP contribution in [0.15, 0.2) is 10.7 Å². The number of aryl methyl sites for hydroxylation is 1. The van der Waals surface area contributed by atoms with E-state index in [0.29, 0.717) is 0 Å². The minimum atomic E-state index is -0.317. The molecule has 1 aromatic rings. The van der Waals surface area contributed by atoms with Crippen molar-refractivity contribution in [3.8, 4) is 0 Å². The Bertz CT molecular complexity index is 466. The maximum Gasteiger partial charge on any atom is 0.244 e. The molecule has 0 aromatic carbocycles. The number of carbonyl (C=O) groups is 1. The molecule has 1 amide bonds. The highest BCUT2D eigenvalue weighted by molar-refractivity contribution is 9.10. The Labute approximate surface area is 133 Å². The van der Waals surface area contributed by atoms with Gasteiger partial charge < -0.3 is 10.1 Å². The smallest absolute Gasteiger partial charge is 0.244 e. The summed E-state index contributed by atoms with van der Waals surface area (Å²) >= 11 is 3.42. The molecule has 1 N–H and O–H groups in total. The fraction of sp³-hybridized carbons (Fsp3) is 0.714. The predicted molar refractivity (Wildman–Crippen MR) is 84.2 cm³/mol. The summed E-state index contributed by atoms with van der Waals surface area (Å²) in [5, 5.41) is 7.39. The number of hydrogen-bond acceptors (Lipinski definition) is 4. The van der Waals surface area contributed by atoms with Crippen molar-refractivity contribution < 1.29 is 9.53 Å². The zero-order chi connectivity index (χ0) is 15.4. The van der Waals surface area contributed by atoms with E-state index >= 15 is 0 Å². The molecule has 6 nitrogen and oxygen atoms in total. The highest BCUT2D eigenvalue weighted by Crippen LogP contribution is 2.16. The van der Waals surface area contributed by atoms with E-state index in [0.717, 1.165) is 43.0 Å². The summed E-state index contributed by atoms with van der Waals surface area (Å²) in [6.07, 6.45) is 1.84. The second kappa shape index (κ2) is 7.38. The second-order valence-electron chi connectivity index (χ2n) is 5.54. The number of carbonyl (C=O) groups excluding carboxylic acids is 1. The summed E-state index contributed by atoms with van der Waals surface area (Å²) in [4.78, 5) is 14.6. The number of ether oxygens (including phenoxy) is 1.